The molecule has 1 heterocycles. The van der Waals surface area contributed by atoms with Crippen LogP contribution >= 0.6 is 0 Å². The lowest BCUT2D eigenvalue weighted by atomic mass is 10.1. The first kappa shape index (κ1) is 23.9. The first-order valence-corrected chi connectivity index (χ1v) is 10.7. The van der Waals surface area contributed by atoms with Gasteiger partial charge in [0.05, 0.1) is 14.2 Å². The van der Waals surface area contributed by atoms with Crippen molar-refractivity contribution in [1.29, 1.82) is 0 Å². The molecule has 33 heavy (non-hydrogen) atoms. The molecule has 0 bridgehead atoms. The van der Waals surface area contributed by atoms with Gasteiger partial charge in [-0.05, 0) is 56.2 Å². The molecular formula is C26H29NO6. The lowest BCUT2D eigenvalue weighted by Crippen LogP contribution is -2.20. The monoisotopic (exact) mass is 451 g/mol. The van der Waals surface area contributed by atoms with Gasteiger partial charge < -0.3 is 23.5 Å². The Morgan fingerprint density at radius 1 is 0.879 bits per heavy atom. The topological polar surface area (TPSA) is 76.0 Å². The number of esters is 1. The van der Waals surface area contributed by atoms with Gasteiger partial charge >= 0.3 is 5.97 Å². The smallest absolute Gasteiger partial charge is 0.344 e. The normalized spacial score (nSPS) is 10.5. The molecule has 3 rings (SSSR count). The number of carbonyl (C=O) groups excluding carboxylic acids is 2. The summed E-state index contributed by atoms with van der Waals surface area (Å²) in [5.41, 5.74) is 3.57. The van der Waals surface area contributed by atoms with E-state index in [1.54, 1.807) is 31.4 Å². The van der Waals surface area contributed by atoms with E-state index in [1.807, 2.05) is 44.2 Å². The van der Waals surface area contributed by atoms with Crippen molar-refractivity contribution >= 4 is 11.8 Å². The van der Waals surface area contributed by atoms with Crippen LogP contribution in [-0.4, -0.2) is 43.8 Å². The summed E-state index contributed by atoms with van der Waals surface area (Å²) in [4.78, 5) is 24.7. The van der Waals surface area contributed by atoms with E-state index < -0.39 is 5.97 Å². The van der Waals surface area contributed by atoms with Crippen LogP contribution < -0.4 is 14.2 Å². The Morgan fingerprint density at radius 2 is 1.58 bits per heavy atom. The molecule has 0 fully saturated rings. The van der Waals surface area contributed by atoms with E-state index in [1.165, 1.54) is 12.7 Å². The minimum atomic E-state index is -0.623. The summed E-state index contributed by atoms with van der Waals surface area (Å²) in [6, 6.07) is 16.8. The second-order valence-corrected chi connectivity index (χ2v) is 7.56. The summed E-state index contributed by atoms with van der Waals surface area (Å²) in [5.74, 6) is 0.905. The van der Waals surface area contributed by atoms with Gasteiger partial charge in [0.1, 0.15) is 5.75 Å². The summed E-state index contributed by atoms with van der Waals surface area (Å²) >= 11 is 0. The molecule has 7 heteroatoms. The highest BCUT2D eigenvalue weighted by Gasteiger charge is 2.18. The number of ether oxygens (including phenoxy) is 4. The van der Waals surface area contributed by atoms with E-state index in [0.29, 0.717) is 17.1 Å². The highest BCUT2D eigenvalue weighted by molar-refractivity contribution is 5.99. The summed E-state index contributed by atoms with van der Waals surface area (Å²) < 4.78 is 23.1. The molecule has 0 saturated carbocycles. The minimum Gasteiger partial charge on any atom is -0.497 e. The van der Waals surface area contributed by atoms with Crippen molar-refractivity contribution in [2.24, 2.45) is 0 Å². The molecule has 0 N–H and O–H groups in total. The van der Waals surface area contributed by atoms with Gasteiger partial charge in [0.2, 0.25) is 5.78 Å². The largest absolute Gasteiger partial charge is 0.497 e. The highest BCUT2D eigenvalue weighted by atomic mass is 16.6. The fourth-order valence-electron chi connectivity index (χ4n) is 3.60. The first-order valence-electron chi connectivity index (χ1n) is 10.7. The van der Waals surface area contributed by atoms with E-state index in [2.05, 4.69) is 4.57 Å². The van der Waals surface area contributed by atoms with E-state index in [-0.39, 0.29) is 19.0 Å². The molecule has 174 valence electrons. The van der Waals surface area contributed by atoms with Crippen LogP contribution in [-0.2, 0) is 22.5 Å². The maximum atomic E-state index is 12.7. The first-order chi connectivity index (χ1) is 15.9. The van der Waals surface area contributed by atoms with Gasteiger partial charge in [-0.25, -0.2) is 4.79 Å². The van der Waals surface area contributed by atoms with Crippen LogP contribution in [0.4, 0.5) is 0 Å². The molecule has 0 amide bonds. The second kappa shape index (κ2) is 11.2. The third-order valence-corrected chi connectivity index (χ3v) is 5.44. The number of benzene rings is 2. The van der Waals surface area contributed by atoms with Crippen LogP contribution in [0.3, 0.4) is 0 Å². The molecule has 0 radical (unpaired) electrons. The molecule has 0 aliphatic heterocycles. The third-order valence-electron chi connectivity index (χ3n) is 5.44. The summed E-state index contributed by atoms with van der Waals surface area (Å²) in [6.07, 6.45) is 0.823. The Labute approximate surface area is 193 Å². The van der Waals surface area contributed by atoms with Crippen molar-refractivity contribution < 1.29 is 28.5 Å². The van der Waals surface area contributed by atoms with Crippen molar-refractivity contribution in [3.05, 3.63) is 77.1 Å². The third kappa shape index (κ3) is 6.16. The number of hydrogen-bond acceptors (Lipinski definition) is 6. The van der Waals surface area contributed by atoms with E-state index >= 15 is 0 Å². The van der Waals surface area contributed by atoms with E-state index in [4.69, 9.17) is 18.9 Å². The number of rotatable bonds is 11. The van der Waals surface area contributed by atoms with Crippen LogP contribution in [0.1, 0.15) is 27.3 Å². The van der Waals surface area contributed by atoms with Crippen molar-refractivity contribution in [3.63, 3.8) is 0 Å². The molecule has 1 aromatic heterocycles. The van der Waals surface area contributed by atoms with Crippen molar-refractivity contribution in [2.45, 2.75) is 26.8 Å². The van der Waals surface area contributed by atoms with Crippen LogP contribution in [0, 0.1) is 13.8 Å². The molecule has 2 aromatic carbocycles. The maximum absolute atomic E-state index is 12.7. The van der Waals surface area contributed by atoms with Gasteiger partial charge in [0.25, 0.3) is 0 Å². The summed E-state index contributed by atoms with van der Waals surface area (Å²) in [5, 5.41) is 0. The lowest BCUT2D eigenvalue weighted by Gasteiger charge is -2.11. The number of Topliss-reactive ketones (excluding diaryl/α,β-unsaturated/α-hetero) is 1. The SMILES string of the molecule is COc1ccc(CCn2c(C)cc(C(=O)COC(=O)COc3ccccc3OC)c2C)cc1. The average molecular weight is 452 g/mol. The zero-order valence-corrected chi connectivity index (χ0v) is 19.4. The Hall–Kier alpha value is -3.74. The van der Waals surface area contributed by atoms with Crippen molar-refractivity contribution in [1.82, 2.24) is 4.57 Å². The van der Waals surface area contributed by atoms with Crippen LogP contribution in [0.15, 0.2) is 54.6 Å². The van der Waals surface area contributed by atoms with Gasteiger partial charge in [-0.15, -0.1) is 0 Å². The average Bonchev–Trinajstić information content (AvgIpc) is 3.13. The van der Waals surface area contributed by atoms with Gasteiger partial charge in [0, 0.05) is 23.5 Å². The maximum Gasteiger partial charge on any atom is 0.344 e. The predicted molar refractivity (Wildman–Crippen MR) is 124 cm³/mol. The van der Waals surface area contributed by atoms with E-state index in [9.17, 15) is 9.59 Å². The molecule has 7 nitrogen and oxygen atoms in total. The zero-order chi connectivity index (χ0) is 23.8. The fraction of sp³-hybridized carbons (Fsp3) is 0.308. The van der Waals surface area contributed by atoms with Gasteiger partial charge in [-0.1, -0.05) is 24.3 Å². The molecule has 0 aliphatic carbocycles. The summed E-state index contributed by atoms with van der Waals surface area (Å²) in [6.45, 7) is 3.96. The van der Waals surface area contributed by atoms with Crippen LogP contribution in [0.2, 0.25) is 0 Å². The second-order valence-electron chi connectivity index (χ2n) is 7.56. The van der Waals surface area contributed by atoms with Crippen LogP contribution in [0.5, 0.6) is 17.2 Å². The molecular weight excluding hydrogens is 422 g/mol. The number of para-hydroxylation sites is 2. The quantitative estimate of drug-likeness (QED) is 0.322. The van der Waals surface area contributed by atoms with Crippen LogP contribution in [0.25, 0.3) is 0 Å². The number of carbonyl (C=O) groups is 2. The number of ketones is 1. The van der Waals surface area contributed by atoms with Crippen molar-refractivity contribution in [3.8, 4) is 17.2 Å². The molecule has 0 saturated heterocycles. The molecule has 0 unspecified atom stereocenters. The Bertz CT molecular complexity index is 1100. The standard InChI is InChI=1S/C26H29NO6/c1-18-15-22(19(2)27(18)14-13-20-9-11-21(30-3)12-10-20)23(28)16-33-26(29)17-32-25-8-6-5-7-24(25)31-4/h5-12,15H,13-14,16-17H2,1-4H3. The Balaban J connectivity index is 1.53. The Kier molecular flexibility index (Phi) is 8.13. The number of aromatic nitrogens is 1. The van der Waals surface area contributed by atoms with E-state index in [0.717, 1.165) is 30.1 Å². The number of aryl methyl sites for hydroxylation is 2. The van der Waals surface area contributed by atoms with Crippen molar-refractivity contribution in [2.75, 3.05) is 27.4 Å². The Morgan fingerprint density at radius 3 is 2.24 bits per heavy atom. The zero-order valence-electron chi connectivity index (χ0n) is 19.4. The molecule has 0 aliphatic rings. The van der Waals surface area contributed by atoms with Gasteiger partial charge in [-0.3, -0.25) is 4.79 Å². The molecule has 0 atom stereocenters. The molecule has 0 spiro atoms. The number of hydrogen-bond donors (Lipinski definition) is 0. The number of nitrogens with zero attached hydrogens (tertiary/aromatic N) is 1. The lowest BCUT2D eigenvalue weighted by molar-refractivity contribution is -0.144. The van der Waals surface area contributed by atoms with Gasteiger partial charge in [-0.2, -0.15) is 0 Å². The molecule has 3 aromatic rings. The minimum absolute atomic E-state index is 0.246. The predicted octanol–water partition coefficient (Wildman–Crippen LogP) is 4.17. The summed E-state index contributed by atoms with van der Waals surface area (Å²) in [7, 11) is 3.16. The fourth-order valence-corrected chi connectivity index (χ4v) is 3.60. The number of methoxy groups -OCH3 is 2. The van der Waals surface area contributed by atoms with Gasteiger partial charge in [0.15, 0.2) is 24.7 Å². The highest BCUT2D eigenvalue weighted by Crippen LogP contribution is 2.25.